The molecule has 0 atom stereocenters. The second-order valence-electron chi connectivity index (χ2n) is 5.30. The second-order valence-corrected chi connectivity index (χ2v) is 5.68. The van der Waals surface area contributed by atoms with Gasteiger partial charge in [-0.2, -0.15) is 9.97 Å². The number of nitrogens with two attached hydrogens (primary N) is 1. The van der Waals surface area contributed by atoms with E-state index in [0.717, 1.165) is 18.4 Å². The van der Waals surface area contributed by atoms with Crippen molar-refractivity contribution in [1.29, 1.82) is 0 Å². The minimum atomic E-state index is -0.327. The molecule has 0 aliphatic carbocycles. The molecule has 126 valence electrons. The fourth-order valence-electron chi connectivity index (χ4n) is 2.23. The zero-order chi connectivity index (χ0) is 17.1. The van der Waals surface area contributed by atoms with Gasteiger partial charge in [0.1, 0.15) is 10.7 Å². The van der Waals surface area contributed by atoms with E-state index < -0.39 is 0 Å². The zero-order valence-corrected chi connectivity index (χ0v) is 13.9. The van der Waals surface area contributed by atoms with Crippen LogP contribution in [0.2, 0.25) is 5.15 Å². The summed E-state index contributed by atoms with van der Waals surface area (Å²) in [6.07, 6.45) is 3.49. The molecule has 0 fully saturated rings. The Morgan fingerprint density at radius 2 is 2.21 bits per heavy atom. The van der Waals surface area contributed by atoms with Crippen LogP contribution in [0.1, 0.15) is 25.3 Å². The van der Waals surface area contributed by atoms with Gasteiger partial charge in [-0.05, 0) is 18.1 Å². The number of unbranched alkanes of at least 4 members (excludes halogenated alkanes) is 1. The first kappa shape index (κ1) is 16.3. The summed E-state index contributed by atoms with van der Waals surface area (Å²) in [5.41, 5.74) is 7.19. The average Bonchev–Trinajstić information content (AvgIpc) is 2.87. The molecule has 3 aromatic rings. The molecule has 24 heavy (non-hydrogen) atoms. The highest BCUT2D eigenvalue weighted by atomic mass is 35.5. The highest BCUT2D eigenvalue weighted by Gasteiger charge is 2.15. The maximum atomic E-state index is 12.2. The van der Waals surface area contributed by atoms with Crippen molar-refractivity contribution in [1.82, 2.24) is 24.5 Å². The van der Waals surface area contributed by atoms with E-state index in [1.54, 1.807) is 18.3 Å². The maximum Gasteiger partial charge on any atom is 0.328 e. The molecule has 0 radical (unpaired) electrons. The van der Waals surface area contributed by atoms with E-state index in [9.17, 15) is 4.79 Å². The highest BCUT2D eigenvalue weighted by molar-refractivity contribution is 6.29. The Kier molecular flexibility index (Phi) is 4.66. The number of aromatic amines is 1. The molecule has 0 unspecified atom stereocenters. The Bertz CT molecular complexity index is 903. The third-order valence-electron chi connectivity index (χ3n) is 3.49. The molecule has 0 aromatic carbocycles. The lowest BCUT2D eigenvalue weighted by molar-refractivity contribution is 0.286. The van der Waals surface area contributed by atoms with Gasteiger partial charge in [-0.3, -0.25) is 4.57 Å². The van der Waals surface area contributed by atoms with E-state index >= 15 is 0 Å². The van der Waals surface area contributed by atoms with Gasteiger partial charge >= 0.3 is 11.7 Å². The molecule has 0 saturated carbocycles. The summed E-state index contributed by atoms with van der Waals surface area (Å²) < 4.78 is 6.97. The molecular formula is C15H17ClN6O2. The number of hydrogen-bond acceptors (Lipinski definition) is 6. The highest BCUT2D eigenvalue weighted by Crippen LogP contribution is 2.18. The van der Waals surface area contributed by atoms with Crippen molar-refractivity contribution in [2.24, 2.45) is 0 Å². The Balaban J connectivity index is 1.98. The van der Waals surface area contributed by atoms with Gasteiger partial charge in [0.2, 0.25) is 0 Å². The van der Waals surface area contributed by atoms with Crippen molar-refractivity contribution in [3.63, 3.8) is 0 Å². The Labute approximate surface area is 142 Å². The first-order chi connectivity index (χ1) is 11.6. The topological polar surface area (TPSA) is 112 Å². The van der Waals surface area contributed by atoms with Crippen LogP contribution in [0.4, 0.5) is 5.82 Å². The summed E-state index contributed by atoms with van der Waals surface area (Å²) in [6.45, 7) is 2.84. The third-order valence-corrected chi connectivity index (χ3v) is 3.71. The van der Waals surface area contributed by atoms with E-state index in [-0.39, 0.29) is 24.1 Å². The van der Waals surface area contributed by atoms with E-state index in [1.165, 1.54) is 4.57 Å². The predicted octanol–water partition coefficient (Wildman–Crippen LogP) is 1.98. The molecule has 0 amide bonds. The summed E-state index contributed by atoms with van der Waals surface area (Å²) in [5.74, 6) is 0.177. The van der Waals surface area contributed by atoms with Crippen LogP contribution < -0.4 is 16.2 Å². The zero-order valence-electron chi connectivity index (χ0n) is 13.1. The number of halogens is 1. The van der Waals surface area contributed by atoms with Gasteiger partial charge in [0.15, 0.2) is 11.5 Å². The number of aromatic nitrogens is 5. The van der Waals surface area contributed by atoms with Crippen molar-refractivity contribution in [3.8, 4) is 6.01 Å². The number of rotatable bonds is 6. The predicted molar refractivity (Wildman–Crippen MR) is 91.3 cm³/mol. The lowest BCUT2D eigenvalue weighted by Gasteiger charge is -2.06. The molecule has 3 N–H and O–H groups in total. The number of pyridine rings is 1. The molecule has 0 spiro atoms. The number of nitrogens with one attached hydrogen (secondary N) is 1. The molecule has 0 aliphatic rings. The third kappa shape index (κ3) is 3.33. The van der Waals surface area contributed by atoms with Gasteiger partial charge in [0.05, 0.1) is 13.2 Å². The molecule has 0 aliphatic heterocycles. The number of nitrogen functional groups attached to an aromatic ring is 1. The maximum absolute atomic E-state index is 12.2. The van der Waals surface area contributed by atoms with Gasteiger partial charge in [-0.1, -0.05) is 31.0 Å². The van der Waals surface area contributed by atoms with Crippen molar-refractivity contribution in [3.05, 3.63) is 39.5 Å². The number of imidazole rings is 1. The second kappa shape index (κ2) is 6.88. The molecule has 0 bridgehead atoms. The minimum Gasteiger partial charge on any atom is -0.463 e. The lowest BCUT2D eigenvalue weighted by atomic mass is 10.3. The SMILES string of the molecule is CCCCOc1nc(N)c2[nH]c(=O)n(Cc3ccc(Cl)nc3)c2n1. The number of ether oxygens (including phenoxy) is 1. The molecular weight excluding hydrogens is 332 g/mol. The van der Waals surface area contributed by atoms with Crippen LogP contribution in [0.25, 0.3) is 11.2 Å². The largest absolute Gasteiger partial charge is 0.463 e. The lowest BCUT2D eigenvalue weighted by Crippen LogP contribution is -2.18. The van der Waals surface area contributed by atoms with E-state index in [4.69, 9.17) is 22.1 Å². The summed E-state index contributed by atoms with van der Waals surface area (Å²) in [4.78, 5) is 27.3. The van der Waals surface area contributed by atoms with Crippen LogP contribution in [0, 0.1) is 0 Å². The van der Waals surface area contributed by atoms with E-state index in [2.05, 4.69) is 26.9 Å². The van der Waals surface area contributed by atoms with Gasteiger partial charge in [0, 0.05) is 6.20 Å². The molecule has 3 aromatic heterocycles. The van der Waals surface area contributed by atoms with Gasteiger partial charge < -0.3 is 15.5 Å². The molecule has 9 heteroatoms. The fourth-order valence-corrected chi connectivity index (χ4v) is 2.34. The van der Waals surface area contributed by atoms with Crippen LogP contribution in [-0.2, 0) is 6.54 Å². The van der Waals surface area contributed by atoms with Crippen LogP contribution in [0.3, 0.4) is 0 Å². The molecule has 0 saturated heterocycles. The van der Waals surface area contributed by atoms with E-state index in [1.807, 2.05) is 0 Å². The Morgan fingerprint density at radius 1 is 1.38 bits per heavy atom. The first-order valence-corrected chi connectivity index (χ1v) is 7.95. The summed E-state index contributed by atoms with van der Waals surface area (Å²) >= 11 is 5.78. The first-order valence-electron chi connectivity index (χ1n) is 7.57. The van der Waals surface area contributed by atoms with Crippen molar-refractivity contribution < 1.29 is 4.74 Å². The van der Waals surface area contributed by atoms with Gasteiger partial charge in [-0.15, -0.1) is 0 Å². The molecule has 8 nitrogen and oxygen atoms in total. The standard InChI is InChI=1S/C15H17ClN6O2/c1-2-3-6-24-14-20-12(17)11-13(21-14)22(15(23)19-11)8-9-4-5-10(16)18-7-9/h4-5,7H,2-3,6,8H2,1H3,(H,19,23)(H2,17,20,21). The van der Waals surface area contributed by atoms with Crippen molar-refractivity contribution >= 4 is 28.6 Å². The van der Waals surface area contributed by atoms with Crippen molar-refractivity contribution in [2.75, 3.05) is 12.3 Å². The number of nitrogens with zero attached hydrogens (tertiary/aromatic N) is 4. The minimum absolute atomic E-state index is 0.162. The van der Waals surface area contributed by atoms with Gasteiger partial charge in [0.25, 0.3) is 0 Å². The van der Waals surface area contributed by atoms with Crippen molar-refractivity contribution in [2.45, 2.75) is 26.3 Å². The average molecular weight is 349 g/mol. The van der Waals surface area contributed by atoms with Crippen LogP contribution in [-0.4, -0.2) is 31.1 Å². The van der Waals surface area contributed by atoms with E-state index in [0.29, 0.717) is 22.9 Å². The van der Waals surface area contributed by atoms with Gasteiger partial charge in [-0.25, -0.2) is 9.78 Å². The number of H-pyrrole nitrogens is 1. The number of hydrogen-bond donors (Lipinski definition) is 2. The Hall–Kier alpha value is -2.61. The summed E-state index contributed by atoms with van der Waals surface area (Å²) in [5, 5.41) is 0.392. The smallest absolute Gasteiger partial charge is 0.328 e. The molecule has 3 rings (SSSR count). The number of anilines is 1. The monoisotopic (exact) mass is 348 g/mol. The number of fused-ring (bicyclic) bond motifs is 1. The quantitative estimate of drug-likeness (QED) is 0.520. The normalized spacial score (nSPS) is 11.1. The molecule has 3 heterocycles. The fraction of sp³-hybridized carbons (Fsp3) is 0.333. The summed E-state index contributed by atoms with van der Waals surface area (Å²) in [7, 11) is 0. The van der Waals surface area contributed by atoms with Crippen LogP contribution in [0.5, 0.6) is 6.01 Å². The summed E-state index contributed by atoms with van der Waals surface area (Å²) in [6, 6.07) is 3.62. The Morgan fingerprint density at radius 3 is 2.92 bits per heavy atom. The van der Waals surface area contributed by atoms with Crippen LogP contribution >= 0.6 is 11.6 Å². The van der Waals surface area contributed by atoms with Crippen LogP contribution in [0.15, 0.2) is 23.1 Å².